The van der Waals surface area contributed by atoms with Gasteiger partial charge in [-0.1, -0.05) is 18.2 Å². The maximum Gasteiger partial charge on any atom is 0.259 e. The number of nitrogens with zero attached hydrogens (tertiary/aromatic N) is 2. The Morgan fingerprint density at radius 3 is 2.45 bits per heavy atom. The van der Waals surface area contributed by atoms with Crippen LogP contribution in [0.25, 0.3) is 0 Å². The van der Waals surface area contributed by atoms with Gasteiger partial charge in [0.2, 0.25) is 0 Å². The Kier molecular flexibility index (Phi) is 10.1. The van der Waals surface area contributed by atoms with Gasteiger partial charge < -0.3 is 24.3 Å². The minimum Gasteiger partial charge on any atom is -0.493 e. The largest absolute Gasteiger partial charge is 0.493 e. The van der Waals surface area contributed by atoms with Crippen LogP contribution in [0.3, 0.4) is 0 Å². The monoisotopic (exact) mass is 580 g/mol. The predicted molar refractivity (Wildman–Crippen MR) is 144 cm³/mol. The van der Waals surface area contributed by atoms with E-state index in [-0.39, 0.29) is 13.2 Å². The summed E-state index contributed by atoms with van der Waals surface area (Å²) in [6.07, 6.45) is 1.43. The molecule has 0 heterocycles. The lowest BCUT2D eigenvalue weighted by molar-refractivity contribution is -0.120. The van der Waals surface area contributed by atoms with Gasteiger partial charge in [0.1, 0.15) is 6.61 Å². The molecule has 0 spiro atoms. The first kappa shape index (κ1) is 28.0. The third kappa shape index (κ3) is 7.24. The summed E-state index contributed by atoms with van der Waals surface area (Å²) in [5.41, 5.74) is 4.57. The molecule has 3 aromatic carbocycles. The first-order valence-electron chi connectivity index (χ1n) is 11.2. The number of hydrazone groups is 1. The summed E-state index contributed by atoms with van der Waals surface area (Å²) in [6, 6.07) is 17.4. The summed E-state index contributed by atoms with van der Waals surface area (Å²) in [5, 5.41) is 15.7. The fourth-order valence-corrected chi connectivity index (χ4v) is 3.89. The van der Waals surface area contributed by atoms with Crippen LogP contribution in [0.15, 0.2) is 64.2 Å². The van der Waals surface area contributed by atoms with Crippen LogP contribution < -0.4 is 29.7 Å². The number of methoxy groups -OCH3 is 3. The summed E-state index contributed by atoms with van der Waals surface area (Å²) in [7, 11) is 4.47. The third-order valence-electron chi connectivity index (χ3n) is 5.22. The Labute approximate surface area is 228 Å². The maximum absolute atomic E-state index is 12.4. The number of nitriles is 1. The van der Waals surface area contributed by atoms with E-state index in [2.05, 4.69) is 37.8 Å². The topological polar surface area (TPSA) is 131 Å². The van der Waals surface area contributed by atoms with Gasteiger partial charge >= 0.3 is 0 Å². The van der Waals surface area contributed by atoms with Crippen molar-refractivity contribution in [1.82, 2.24) is 10.7 Å². The fraction of sp³-hybridized carbons (Fsp3) is 0.185. The van der Waals surface area contributed by atoms with Crippen molar-refractivity contribution in [2.24, 2.45) is 5.10 Å². The van der Waals surface area contributed by atoms with E-state index in [1.54, 1.807) is 36.4 Å². The number of amides is 2. The quantitative estimate of drug-likeness (QED) is 0.260. The summed E-state index contributed by atoms with van der Waals surface area (Å²) < 4.78 is 22.3. The molecule has 2 N–H and O–H groups in total. The number of nitrogens with one attached hydrogen (secondary N) is 2. The molecule has 0 saturated heterocycles. The zero-order chi connectivity index (χ0) is 27.5. The molecular formula is C27H25BrN4O6. The van der Waals surface area contributed by atoms with Gasteiger partial charge in [0.05, 0.1) is 50.2 Å². The van der Waals surface area contributed by atoms with Crippen LogP contribution in [0.1, 0.15) is 27.0 Å². The molecule has 0 aliphatic carbocycles. The molecule has 0 fully saturated rings. The predicted octanol–water partition coefficient (Wildman–Crippen LogP) is 3.81. The molecule has 0 aliphatic heterocycles. The Morgan fingerprint density at radius 2 is 1.74 bits per heavy atom. The molecule has 196 valence electrons. The molecule has 0 saturated carbocycles. The highest BCUT2D eigenvalue weighted by atomic mass is 79.9. The summed E-state index contributed by atoms with van der Waals surface area (Å²) in [5.74, 6) is 0.814. The van der Waals surface area contributed by atoms with Crippen molar-refractivity contribution in [1.29, 1.82) is 5.26 Å². The average Bonchev–Trinajstić information content (AvgIpc) is 2.94. The maximum atomic E-state index is 12.4. The molecule has 3 aromatic rings. The van der Waals surface area contributed by atoms with E-state index in [0.29, 0.717) is 44.2 Å². The number of benzene rings is 3. The highest BCUT2D eigenvalue weighted by Crippen LogP contribution is 2.37. The molecule has 0 aromatic heterocycles. The van der Waals surface area contributed by atoms with Crippen molar-refractivity contribution in [2.45, 2.75) is 6.61 Å². The number of carbonyl (C=O) groups excluding carboxylic acids is 2. The van der Waals surface area contributed by atoms with Crippen molar-refractivity contribution < 1.29 is 28.5 Å². The molecule has 38 heavy (non-hydrogen) atoms. The van der Waals surface area contributed by atoms with Gasteiger partial charge in [-0.3, -0.25) is 9.59 Å². The fourth-order valence-electron chi connectivity index (χ4n) is 3.32. The number of hydrogen-bond donors (Lipinski definition) is 2. The van der Waals surface area contributed by atoms with E-state index in [1.807, 2.05) is 12.1 Å². The summed E-state index contributed by atoms with van der Waals surface area (Å²) >= 11 is 3.47. The SMILES string of the molecule is COc1ccc(C(=O)NCC(=O)NN=Cc2cc(Br)c(OCc3ccccc3C#N)c(OC)c2)cc1OC. The van der Waals surface area contributed by atoms with Crippen LogP contribution in [0.4, 0.5) is 0 Å². The lowest BCUT2D eigenvalue weighted by Gasteiger charge is -2.14. The van der Waals surface area contributed by atoms with Crippen LogP contribution in [-0.4, -0.2) is 45.9 Å². The number of hydrogen-bond acceptors (Lipinski definition) is 8. The van der Waals surface area contributed by atoms with Crippen molar-refractivity contribution in [2.75, 3.05) is 27.9 Å². The van der Waals surface area contributed by atoms with Gasteiger partial charge in [-0.25, -0.2) is 5.43 Å². The van der Waals surface area contributed by atoms with E-state index in [0.717, 1.165) is 5.56 Å². The van der Waals surface area contributed by atoms with Crippen LogP contribution in [0.5, 0.6) is 23.0 Å². The first-order chi connectivity index (χ1) is 18.4. The minimum atomic E-state index is -0.516. The molecule has 0 radical (unpaired) electrons. The lowest BCUT2D eigenvalue weighted by atomic mass is 10.1. The van der Waals surface area contributed by atoms with Gasteiger partial charge in [0, 0.05) is 11.1 Å². The average molecular weight is 581 g/mol. The second kappa shape index (κ2) is 13.7. The highest BCUT2D eigenvalue weighted by molar-refractivity contribution is 9.10. The smallest absolute Gasteiger partial charge is 0.259 e. The summed E-state index contributed by atoms with van der Waals surface area (Å²) in [6.45, 7) is -0.105. The van der Waals surface area contributed by atoms with E-state index in [9.17, 15) is 14.9 Å². The molecular weight excluding hydrogens is 556 g/mol. The van der Waals surface area contributed by atoms with Gasteiger partial charge in [-0.15, -0.1) is 0 Å². The second-order valence-electron chi connectivity index (χ2n) is 7.64. The molecule has 3 rings (SSSR count). The van der Waals surface area contributed by atoms with Crippen LogP contribution in [0.2, 0.25) is 0 Å². The molecule has 10 nitrogen and oxygen atoms in total. The van der Waals surface area contributed by atoms with Gasteiger partial charge in [-0.2, -0.15) is 10.4 Å². The Morgan fingerprint density at radius 1 is 1.00 bits per heavy atom. The molecule has 0 atom stereocenters. The molecule has 0 aliphatic rings. The molecule has 0 unspecified atom stereocenters. The zero-order valence-corrected chi connectivity index (χ0v) is 22.5. The summed E-state index contributed by atoms with van der Waals surface area (Å²) in [4.78, 5) is 24.5. The standard InChI is InChI=1S/C27H25BrN4O6/c1-35-22-9-8-18(12-23(22)36-2)27(34)30-15-25(33)32-31-14-17-10-21(28)26(24(11-17)37-3)38-16-20-7-5-4-6-19(20)13-29/h4-12,14H,15-16H2,1-3H3,(H,30,34)(H,32,33). The molecule has 11 heteroatoms. The van der Waals surface area contributed by atoms with Crippen molar-refractivity contribution in [3.05, 3.63) is 81.3 Å². The third-order valence-corrected chi connectivity index (χ3v) is 5.81. The van der Waals surface area contributed by atoms with Gasteiger partial charge in [0.15, 0.2) is 23.0 Å². The second-order valence-corrected chi connectivity index (χ2v) is 8.49. The van der Waals surface area contributed by atoms with E-state index in [4.69, 9.17) is 18.9 Å². The van der Waals surface area contributed by atoms with E-state index in [1.165, 1.54) is 33.6 Å². The van der Waals surface area contributed by atoms with Crippen LogP contribution in [-0.2, 0) is 11.4 Å². The van der Waals surface area contributed by atoms with E-state index < -0.39 is 11.8 Å². The zero-order valence-electron chi connectivity index (χ0n) is 20.9. The minimum absolute atomic E-state index is 0.178. The number of carbonyl (C=O) groups is 2. The van der Waals surface area contributed by atoms with Crippen LogP contribution in [0, 0.1) is 11.3 Å². The number of ether oxygens (including phenoxy) is 4. The van der Waals surface area contributed by atoms with Crippen LogP contribution >= 0.6 is 15.9 Å². The molecule has 2 amide bonds. The number of rotatable bonds is 11. The Hall–Kier alpha value is -4.56. The van der Waals surface area contributed by atoms with E-state index >= 15 is 0 Å². The Bertz CT molecular complexity index is 1390. The Balaban J connectivity index is 1.57. The van der Waals surface area contributed by atoms with Gasteiger partial charge in [0.25, 0.3) is 11.8 Å². The van der Waals surface area contributed by atoms with Crippen molar-refractivity contribution >= 4 is 34.0 Å². The molecule has 0 bridgehead atoms. The van der Waals surface area contributed by atoms with Crippen molar-refractivity contribution in [3.63, 3.8) is 0 Å². The number of halogens is 1. The lowest BCUT2D eigenvalue weighted by Crippen LogP contribution is -2.34. The highest BCUT2D eigenvalue weighted by Gasteiger charge is 2.14. The normalized spacial score (nSPS) is 10.4. The first-order valence-corrected chi connectivity index (χ1v) is 12.0. The van der Waals surface area contributed by atoms with Gasteiger partial charge in [-0.05, 0) is 57.9 Å². The van der Waals surface area contributed by atoms with Crippen molar-refractivity contribution in [3.8, 4) is 29.1 Å².